The average Bonchev–Trinajstić information content (AvgIpc) is 2.72. The van der Waals surface area contributed by atoms with Gasteiger partial charge in [0.2, 0.25) is 0 Å². The van der Waals surface area contributed by atoms with Gasteiger partial charge in [-0.25, -0.2) is 0 Å². The van der Waals surface area contributed by atoms with Crippen molar-refractivity contribution in [3.63, 3.8) is 0 Å². The van der Waals surface area contributed by atoms with Gasteiger partial charge in [-0.1, -0.05) is 0 Å². The summed E-state index contributed by atoms with van der Waals surface area (Å²) < 4.78 is 396. The molecule has 0 aliphatic rings. The lowest BCUT2D eigenvalue weighted by Gasteiger charge is -2.44. The summed E-state index contributed by atoms with van der Waals surface area (Å²) >= 11 is 0. The SMILES string of the molecule is FC(F)(F)O[Si](OC(F)(F)F)(OC(F)(F)F)OC(F)(F)C(F)(F)C(F)(F)C(F)(F)C(F)(F)C(F)(F)C(F)(F)C(F)(F)C(F)(F)C(F)(F)F. The first kappa shape index (κ1) is 46.0. The molecule has 0 saturated heterocycles. The number of rotatable bonds is 13. The third kappa shape index (κ3) is 7.65. The Bertz CT molecular complexity index is 1080. The van der Waals surface area contributed by atoms with Crippen LogP contribution in [-0.2, 0) is 17.7 Å². The molecule has 0 saturated carbocycles. The van der Waals surface area contributed by atoms with Gasteiger partial charge in [-0.15, -0.1) is 39.5 Å². The van der Waals surface area contributed by atoms with Crippen molar-refractivity contribution in [1.82, 2.24) is 0 Å². The fraction of sp³-hybridized carbons (Fsp3) is 1.00. The van der Waals surface area contributed by atoms with E-state index in [0.717, 1.165) is 0 Å². The fourth-order valence-electron chi connectivity index (χ4n) is 2.32. The van der Waals surface area contributed by atoms with Gasteiger partial charge in [-0.3, -0.25) is 17.7 Å². The molecule has 0 amide bonds. The molecule has 0 N–H and O–H groups in total. The van der Waals surface area contributed by atoms with E-state index in [1.165, 1.54) is 4.43 Å². The molecule has 0 rings (SSSR count). The van der Waals surface area contributed by atoms with Crippen LogP contribution in [-0.4, -0.2) is 87.8 Å². The molecule has 0 aliphatic carbocycles. The van der Waals surface area contributed by atoms with E-state index >= 15 is 0 Å². The maximum Gasteiger partial charge on any atom is 0.703 e. The van der Waals surface area contributed by atoms with E-state index in [1.54, 1.807) is 13.3 Å². The largest absolute Gasteiger partial charge is 0.703 e. The van der Waals surface area contributed by atoms with Gasteiger partial charge in [0.1, 0.15) is 0 Å². The standard InChI is InChI=1S/C13F30O4Si/c14-1(15,3(18,19)5(22,23)7(26,27)9(30,31)32)2(16,17)4(20,21)6(24,25)8(28,29)10(33,34)44-48(45-11(35,36)37,46-12(38,39)40)47-13(41,42)43. The molecule has 0 heterocycles. The number of halogens is 30. The smallest absolute Gasteiger partial charge is 0.285 e. The first-order valence-corrected chi connectivity index (χ1v) is 11.2. The van der Waals surface area contributed by atoms with Gasteiger partial charge >= 0.3 is 87.8 Å². The Kier molecular flexibility index (Phi) is 11.3. The minimum atomic E-state index is -9.82. The summed E-state index contributed by atoms with van der Waals surface area (Å²) in [6.45, 7) is 0. The lowest BCUT2D eigenvalue weighted by atomic mass is 9.87. The fourth-order valence-corrected chi connectivity index (χ4v) is 3.86. The number of hydrogen-bond acceptors (Lipinski definition) is 4. The van der Waals surface area contributed by atoms with Gasteiger partial charge in [0, 0.05) is 0 Å². The van der Waals surface area contributed by atoms with E-state index in [2.05, 4.69) is 0 Å². The molecule has 0 atom stereocenters. The quantitative estimate of drug-likeness (QED) is 0.137. The maximum absolute atomic E-state index is 13.8. The monoisotopic (exact) mass is 818 g/mol. The third-order valence-corrected chi connectivity index (χ3v) is 6.41. The van der Waals surface area contributed by atoms with Crippen LogP contribution in [0.5, 0.6) is 0 Å². The minimum Gasteiger partial charge on any atom is -0.285 e. The van der Waals surface area contributed by atoms with Crippen LogP contribution in [0.1, 0.15) is 0 Å². The van der Waals surface area contributed by atoms with E-state index in [1.807, 2.05) is 0 Å². The molecule has 48 heavy (non-hydrogen) atoms. The highest BCUT2D eigenvalue weighted by molar-refractivity contribution is 6.53. The van der Waals surface area contributed by atoms with E-state index < -0.39 is 87.8 Å². The lowest BCUT2D eigenvalue weighted by Crippen LogP contribution is -2.77. The summed E-state index contributed by atoms with van der Waals surface area (Å²) in [5.74, 6) is -76.1. The second-order valence-electron chi connectivity index (χ2n) is 7.86. The van der Waals surface area contributed by atoms with Crippen molar-refractivity contribution in [3.8, 4) is 0 Å². The van der Waals surface area contributed by atoms with Crippen LogP contribution in [0.4, 0.5) is 132 Å². The Balaban J connectivity index is 7.53. The van der Waals surface area contributed by atoms with E-state index in [-0.39, 0.29) is 0 Å². The Morgan fingerprint density at radius 2 is 0.417 bits per heavy atom. The molecule has 0 unspecified atom stereocenters. The van der Waals surface area contributed by atoms with Crippen molar-refractivity contribution in [1.29, 1.82) is 0 Å². The highest BCUT2D eigenvalue weighted by atomic mass is 28.4. The summed E-state index contributed by atoms with van der Waals surface area (Å²) in [5, 5.41) is 0. The van der Waals surface area contributed by atoms with Crippen molar-refractivity contribution in [2.75, 3.05) is 0 Å². The predicted octanol–water partition coefficient (Wildman–Crippen LogP) is 9.29. The highest BCUT2D eigenvalue weighted by Gasteiger charge is 2.98. The molecule has 0 aromatic heterocycles. The Labute approximate surface area is 238 Å². The van der Waals surface area contributed by atoms with E-state index in [9.17, 15) is 132 Å². The van der Waals surface area contributed by atoms with Crippen LogP contribution in [0, 0.1) is 0 Å². The van der Waals surface area contributed by atoms with E-state index in [0.29, 0.717) is 0 Å². The van der Waals surface area contributed by atoms with Crippen molar-refractivity contribution >= 4 is 9.05 Å². The molecule has 0 aromatic carbocycles. The van der Waals surface area contributed by atoms with Crippen LogP contribution in [0.3, 0.4) is 0 Å². The van der Waals surface area contributed by atoms with Gasteiger partial charge in [-0.05, 0) is 0 Å². The predicted molar refractivity (Wildman–Crippen MR) is 78.8 cm³/mol. The normalized spacial score (nSPS) is 16.9. The van der Waals surface area contributed by atoms with Gasteiger partial charge in [0.25, 0.3) is 0 Å². The van der Waals surface area contributed by atoms with Crippen molar-refractivity contribution in [2.45, 2.75) is 78.8 Å². The Morgan fingerprint density at radius 1 is 0.229 bits per heavy atom. The zero-order valence-corrected chi connectivity index (χ0v) is 21.0. The third-order valence-electron chi connectivity index (χ3n) is 4.46. The Hall–Kier alpha value is -2.04. The first-order chi connectivity index (χ1) is 20.1. The summed E-state index contributed by atoms with van der Waals surface area (Å²) in [6, 6.07) is 0. The molecule has 290 valence electrons. The summed E-state index contributed by atoms with van der Waals surface area (Å²) in [4.78, 5) is 0. The molecule has 0 radical (unpaired) electrons. The van der Waals surface area contributed by atoms with Crippen molar-refractivity contribution < 1.29 is 149 Å². The highest BCUT2D eigenvalue weighted by Crippen LogP contribution is 2.66. The first-order valence-electron chi connectivity index (χ1n) is 9.55. The van der Waals surface area contributed by atoms with Crippen LogP contribution in [0.25, 0.3) is 0 Å². The minimum absolute atomic E-state index is 1.39. The molecule has 35 heteroatoms. The van der Waals surface area contributed by atoms with Crippen LogP contribution >= 0.6 is 0 Å². The summed E-state index contributed by atoms with van der Waals surface area (Å²) in [5.41, 5.74) is 0. The number of hydrogen-bond donors (Lipinski definition) is 0. The second kappa shape index (κ2) is 11.8. The average molecular weight is 818 g/mol. The molecule has 0 bridgehead atoms. The Morgan fingerprint density at radius 3 is 0.604 bits per heavy atom. The summed E-state index contributed by atoms with van der Waals surface area (Å²) in [7, 11) is -9.69. The zero-order valence-electron chi connectivity index (χ0n) is 20.0. The topological polar surface area (TPSA) is 36.9 Å². The van der Waals surface area contributed by atoms with Gasteiger partial charge in [0.05, 0.1) is 0 Å². The molecular formula is C13F30O4Si. The molecule has 0 fully saturated rings. The van der Waals surface area contributed by atoms with Crippen LogP contribution in [0.15, 0.2) is 0 Å². The van der Waals surface area contributed by atoms with Gasteiger partial charge in [-0.2, -0.15) is 92.2 Å². The van der Waals surface area contributed by atoms with Crippen LogP contribution in [0.2, 0.25) is 0 Å². The molecule has 4 nitrogen and oxygen atoms in total. The molecule has 0 spiro atoms. The van der Waals surface area contributed by atoms with Crippen molar-refractivity contribution in [3.05, 3.63) is 0 Å². The van der Waals surface area contributed by atoms with Crippen LogP contribution < -0.4 is 0 Å². The summed E-state index contributed by atoms with van der Waals surface area (Å²) in [6.07, 6.45) is -39.6. The lowest BCUT2D eigenvalue weighted by molar-refractivity contribution is -0.485. The molecule has 0 aromatic rings. The number of alkyl halides is 30. The molecule has 0 aliphatic heterocycles. The second-order valence-corrected chi connectivity index (χ2v) is 9.67. The van der Waals surface area contributed by atoms with Crippen molar-refractivity contribution in [2.24, 2.45) is 0 Å². The zero-order chi connectivity index (χ0) is 39.8. The van der Waals surface area contributed by atoms with E-state index in [4.69, 9.17) is 0 Å². The van der Waals surface area contributed by atoms with Gasteiger partial charge in [0.15, 0.2) is 0 Å². The maximum atomic E-state index is 13.8. The van der Waals surface area contributed by atoms with Gasteiger partial charge < -0.3 is 0 Å². The molecular weight excluding hydrogens is 818 g/mol.